The second-order valence-electron chi connectivity index (χ2n) is 7.45. The minimum Gasteiger partial charge on any atom is -0.439 e. The first kappa shape index (κ1) is 20.0. The van der Waals surface area contributed by atoms with Gasteiger partial charge in [0.15, 0.2) is 0 Å². The Balaban J connectivity index is 1.45. The van der Waals surface area contributed by atoms with E-state index in [9.17, 15) is 9.18 Å². The van der Waals surface area contributed by atoms with E-state index in [2.05, 4.69) is 16.4 Å². The Hall–Kier alpha value is -3.25. The number of nitrogens with zero attached hydrogens (tertiary/aromatic N) is 1. The number of pyridine rings is 1. The molecular weight excluding hydrogens is 381 g/mol. The molecule has 0 radical (unpaired) electrons. The fourth-order valence-corrected chi connectivity index (χ4v) is 3.91. The van der Waals surface area contributed by atoms with E-state index in [1.165, 1.54) is 23.4 Å². The van der Waals surface area contributed by atoms with Gasteiger partial charge in [-0.05, 0) is 73.2 Å². The first-order valence-corrected chi connectivity index (χ1v) is 10.1. The molecule has 1 atom stereocenters. The molecule has 1 aliphatic carbocycles. The van der Waals surface area contributed by atoms with Crippen molar-refractivity contribution in [2.24, 2.45) is 5.73 Å². The largest absolute Gasteiger partial charge is 0.439 e. The lowest BCUT2D eigenvalue weighted by Gasteiger charge is -2.28. The van der Waals surface area contributed by atoms with Gasteiger partial charge in [-0.3, -0.25) is 4.79 Å². The van der Waals surface area contributed by atoms with Gasteiger partial charge in [0.1, 0.15) is 11.6 Å². The van der Waals surface area contributed by atoms with Crippen LogP contribution >= 0.6 is 0 Å². The number of benzene rings is 2. The van der Waals surface area contributed by atoms with Crippen LogP contribution in [0.5, 0.6) is 11.6 Å². The number of hydrogen-bond donors (Lipinski definition) is 2. The molecule has 1 heterocycles. The monoisotopic (exact) mass is 405 g/mol. The molecule has 1 unspecified atom stereocenters. The summed E-state index contributed by atoms with van der Waals surface area (Å²) in [6.07, 6.45) is 5.23. The van der Waals surface area contributed by atoms with Crippen molar-refractivity contribution in [1.82, 2.24) is 10.3 Å². The van der Waals surface area contributed by atoms with Crippen LogP contribution in [0.25, 0.3) is 0 Å². The first-order chi connectivity index (χ1) is 14.6. The molecule has 6 heteroatoms. The Morgan fingerprint density at radius 3 is 2.83 bits per heavy atom. The molecule has 5 nitrogen and oxygen atoms in total. The molecule has 3 N–H and O–H groups in total. The summed E-state index contributed by atoms with van der Waals surface area (Å²) < 4.78 is 19.4. The molecule has 0 saturated heterocycles. The summed E-state index contributed by atoms with van der Waals surface area (Å²) in [5, 5.41) is 3.61. The van der Waals surface area contributed by atoms with Crippen LogP contribution < -0.4 is 15.8 Å². The van der Waals surface area contributed by atoms with E-state index in [1.807, 2.05) is 18.2 Å². The second-order valence-corrected chi connectivity index (χ2v) is 7.45. The van der Waals surface area contributed by atoms with Crippen molar-refractivity contribution in [2.45, 2.75) is 31.7 Å². The molecule has 0 aliphatic heterocycles. The number of halogens is 1. The summed E-state index contributed by atoms with van der Waals surface area (Å²) in [7, 11) is 0. The predicted octanol–water partition coefficient (Wildman–Crippen LogP) is 4.32. The molecule has 3 aromatic rings. The Labute approximate surface area is 175 Å². The highest BCUT2D eigenvalue weighted by Crippen LogP contribution is 2.36. The van der Waals surface area contributed by atoms with E-state index in [0.717, 1.165) is 43.5 Å². The molecular formula is C24H24FN3O2. The lowest BCUT2D eigenvalue weighted by Crippen LogP contribution is -2.27. The zero-order valence-electron chi connectivity index (χ0n) is 16.6. The van der Waals surface area contributed by atoms with Crippen molar-refractivity contribution < 1.29 is 13.9 Å². The third-order valence-corrected chi connectivity index (χ3v) is 5.39. The molecule has 30 heavy (non-hydrogen) atoms. The van der Waals surface area contributed by atoms with E-state index in [4.69, 9.17) is 10.5 Å². The number of fused-ring (bicyclic) bond motifs is 1. The number of ether oxygens (including phenoxy) is 1. The van der Waals surface area contributed by atoms with Gasteiger partial charge in [0.25, 0.3) is 0 Å². The number of amides is 1. The number of aromatic nitrogens is 1. The van der Waals surface area contributed by atoms with E-state index >= 15 is 0 Å². The van der Waals surface area contributed by atoms with Gasteiger partial charge in [0.05, 0.1) is 5.56 Å². The molecule has 0 spiro atoms. The van der Waals surface area contributed by atoms with Gasteiger partial charge in [-0.15, -0.1) is 0 Å². The topological polar surface area (TPSA) is 77.2 Å². The van der Waals surface area contributed by atoms with Crippen LogP contribution in [0.4, 0.5) is 4.39 Å². The minimum absolute atomic E-state index is 0.199. The minimum atomic E-state index is -0.515. The van der Waals surface area contributed by atoms with Crippen LogP contribution in [0.2, 0.25) is 0 Å². The van der Waals surface area contributed by atoms with Gasteiger partial charge in [0.2, 0.25) is 11.8 Å². The normalized spacial score (nSPS) is 15.4. The number of carbonyl (C=O) groups is 1. The van der Waals surface area contributed by atoms with Crippen LogP contribution in [-0.2, 0) is 12.8 Å². The van der Waals surface area contributed by atoms with Gasteiger partial charge in [0, 0.05) is 18.3 Å². The number of nitrogens with one attached hydrogen (secondary N) is 1. The average molecular weight is 405 g/mol. The molecule has 4 rings (SSSR count). The fourth-order valence-electron chi connectivity index (χ4n) is 3.91. The highest BCUT2D eigenvalue weighted by molar-refractivity contribution is 5.92. The maximum absolute atomic E-state index is 13.4. The highest BCUT2D eigenvalue weighted by atomic mass is 19.1. The molecule has 1 amide bonds. The van der Waals surface area contributed by atoms with Crippen molar-refractivity contribution >= 4 is 5.91 Å². The number of hydrogen-bond acceptors (Lipinski definition) is 4. The lowest BCUT2D eigenvalue weighted by atomic mass is 9.87. The SMILES string of the molecule is NC(=O)c1ccc(Oc2cccc3c2CCCC3NCCc2cccc(F)c2)nc1. The molecule has 1 aromatic heterocycles. The summed E-state index contributed by atoms with van der Waals surface area (Å²) in [4.78, 5) is 15.4. The summed E-state index contributed by atoms with van der Waals surface area (Å²) in [6, 6.07) is 16.3. The van der Waals surface area contributed by atoms with E-state index in [1.54, 1.807) is 24.3 Å². The summed E-state index contributed by atoms with van der Waals surface area (Å²) in [5.41, 5.74) is 9.00. The molecule has 1 aliphatic rings. The molecule has 2 aromatic carbocycles. The Bertz CT molecular complexity index is 1040. The van der Waals surface area contributed by atoms with Crippen LogP contribution in [0.15, 0.2) is 60.8 Å². The second kappa shape index (κ2) is 9.05. The molecule has 154 valence electrons. The average Bonchev–Trinajstić information content (AvgIpc) is 2.75. The van der Waals surface area contributed by atoms with Gasteiger partial charge in [-0.25, -0.2) is 9.37 Å². The summed E-state index contributed by atoms with van der Waals surface area (Å²) >= 11 is 0. The van der Waals surface area contributed by atoms with Crippen molar-refractivity contribution in [3.05, 3.63) is 88.9 Å². The smallest absolute Gasteiger partial charge is 0.250 e. The maximum Gasteiger partial charge on any atom is 0.250 e. The first-order valence-electron chi connectivity index (χ1n) is 10.1. The zero-order chi connectivity index (χ0) is 20.9. The van der Waals surface area contributed by atoms with Crippen molar-refractivity contribution in [3.63, 3.8) is 0 Å². The number of primary amides is 1. The number of rotatable bonds is 7. The van der Waals surface area contributed by atoms with Gasteiger partial charge >= 0.3 is 0 Å². The Kier molecular flexibility index (Phi) is 6.05. The van der Waals surface area contributed by atoms with Gasteiger partial charge < -0.3 is 15.8 Å². The predicted molar refractivity (Wildman–Crippen MR) is 113 cm³/mol. The maximum atomic E-state index is 13.4. The van der Waals surface area contributed by atoms with Crippen LogP contribution in [0.3, 0.4) is 0 Å². The summed E-state index contributed by atoms with van der Waals surface area (Å²) in [5.74, 6) is 0.492. The third kappa shape index (κ3) is 4.66. The molecule has 0 bridgehead atoms. The Morgan fingerprint density at radius 2 is 2.07 bits per heavy atom. The third-order valence-electron chi connectivity index (χ3n) is 5.39. The molecule has 0 fully saturated rings. The molecule has 0 saturated carbocycles. The van der Waals surface area contributed by atoms with E-state index < -0.39 is 5.91 Å². The van der Waals surface area contributed by atoms with E-state index in [0.29, 0.717) is 11.4 Å². The van der Waals surface area contributed by atoms with Gasteiger partial charge in [-0.1, -0.05) is 24.3 Å². The lowest BCUT2D eigenvalue weighted by molar-refractivity contribution is 0.1000. The summed E-state index contributed by atoms with van der Waals surface area (Å²) in [6.45, 7) is 0.773. The van der Waals surface area contributed by atoms with Crippen molar-refractivity contribution in [3.8, 4) is 11.6 Å². The van der Waals surface area contributed by atoms with Gasteiger partial charge in [-0.2, -0.15) is 0 Å². The van der Waals surface area contributed by atoms with Crippen molar-refractivity contribution in [2.75, 3.05) is 6.54 Å². The standard InChI is InChI=1S/C24H24FN3O2/c25-18-5-1-4-16(14-18)12-13-27-21-8-2-7-20-19(21)6-3-9-22(20)30-23-11-10-17(15-28-23)24(26)29/h1,3-6,9-11,14-15,21,27H,2,7-8,12-13H2,(H2,26,29). The fraction of sp³-hybridized carbons (Fsp3) is 0.250. The number of carbonyl (C=O) groups excluding carboxylic acids is 1. The van der Waals surface area contributed by atoms with Crippen LogP contribution in [0, 0.1) is 5.82 Å². The van der Waals surface area contributed by atoms with Crippen LogP contribution in [-0.4, -0.2) is 17.4 Å². The number of nitrogens with two attached hydrogens (primary N) is 1. The highest BCUT2D eigenvalue weighted by Gasteiger charge is 2.23. The van der Waals surface area contributed by atoms with E-state index in [-0.39, 0.29) is 11.9 Å². The Morgan fingerprint density at radius 1 is 1.20 bits per heavy atom. The zero-order valence-corrected chi connectivity index (χ0v) is 16.6. The van der Waals surface area contributed by atoms with Crippen molar-refractivity contribution in [1.29, 1.82) is 0 Å². The van der Waals surface area contributed by atoms with Crippen LogP contribution in [0.1, 0.15) is 45.9 Å². The quantitative estimate of drug-likeness (QED) is 0.614.